The predicted molar refractivity (Wildman–Crippen MR) is 36.8 cm³/mol. The molecule has 0 fully saturated rings. The van der Waals surface area contributed by atoms with Gasteiger partial charge in [-0.05, 0) is 0 Å². The molecule has 0 aliphatic heterocycles. The molecular weight excluding hydrogens is 204 g/mol. The highest BCUT2D eigenvalue weighted by Gasteiger charge is 2.05. The first-order valence-electron chi connectivity index (χ1n) is 2.59. The molecule has 4 heteroatoms. The molecule has 0 unspecified atom stereocenters. The van der Waals surface area contributed by atoms with Crippen molar-refractivity contribution in [1.82, 2.24) is 4.98 Å². The van der Waals surface area contributed by atoms with E-state index in [0.29, 0.717) is 0 Å². The van der Waals surface area contributed by atoms with Gasteiger partial charge in [-0.3, -0.25) is 4.98 Å². The second-order valence-electron chi connectivity index (χ2n) is 1.73. The fourth-order valence-corrected chi connectivity index (χ4v) is 0.944. The molecule has 1 rings (SSSR count). The number of nitrogens with zero attached hydrogens (tertiary/aromatic N) is 1. The standard InChI is InChI=1S/C6H4BrF2N/c7-1-4-2-10-3-5(8)6(4)9/h2-3H,1H2. The van der Waals surface area contributed by atoms with Crippen molar-refractivity contribution in [2.45, 2.75) is 5.33 Å². The molecule has 10 heavy (non-hydrogen) atoms. The molecular formula is C6H4BrF2N. The largest absolute Gasteiger partial charge is 0.261 e. The third kappa shape index (κ3) is 1.31. The Kier molecular flexibility index (Phi) is 2.32. The van der Waals surface area contributed by atoms with E-state index in [4.69, 9.17) is 0 Å². The smallest absolute Gasteiger partial charge is 0.177 e. The minimum Gasteiger partial charge on any atom is -0.261 e. The first kappa shape index (κ1) is 7.60. The molecule has 0 amide bonds. The Morgan fingerprint density at radius 1 is 1.40 bits per heavy atom. The van der Waals surface area contributed by atoms with Gasteiger partial charge in [0.15, 0.2) is 11.6 Å². The van der Waals surface area contributed by atoms with Crippen LogP contribution in [0.3, 0.4) is 0 Å². The minimum absolute atomic E-state index is 0.236. The van der Waals surface area contributed by atoms with E-state index in [9.17, 15) is 8.78 Å². The van der Waals surface area contributed by atoms with Gasteiger partial charge in [-0.15, -0.1) is 0 Å². The fraction of sp³-hybridized carbons (Fsp3) is 0.167. The molecule has 1 nitrogen and oxygen atoms in total. The third-order valence-corrected chi connectivity index (χ3v) is 1.66. The van der Waals surface area contributed by atoms with Gasteiger partial charge in [0.1, 0.15) is 0 Å². The zero-order chi connectivity index (χ0) is 7.56. The molecule has 0 aliphatic carbocycles. The molecule has 0 atom stereocenters. The molecule has 0 spiro atoms. The van der Waals surface area contributed by atoms with Crippen molar-refractivity contribution in [3.8, 4) is 0 Å². The summed E-state index contributed by atoms with van der Waals surface area (Å²) in [4.78, 5) is 3.47. The van der Waals surface area contributed by atoms with Crippen molar-refractivity contribution >= 4 is 15.9 Å². The molecule has 0 N–H and O–H groups in total. The summed E-state index contributed by atoms with van der Waals surface area (Å²) in [5.41, 5.74) is 0.236. The van der Waals surface area contributed by atoms with E-state index in [1.165, 1.54) is 6.20 Å². The Balaban J connectivity index is 3.14. The Morgan fingerprint density at radius 3 is 2.60 bits per heavy atom. The lowest BCUT2D eigenvalue weighted by Crippen LogP contribution is -1.91. The summed E-state index contributed by atoms with van der Waals surface area (Å²) >= 11 is 3.00. The summed E-state index contributed by atoms with van der Waals surface area (Å²) in [5, 5.41) is 0.281. The molecule has 0 aliphatic rings. The number of aromatic nitrogens is 1. The maximum Gasteiger partial charge on any atom is 0.177 e. The van der Waals surface area contributed by atoms with Crippen LogP contribution < -0.4 is 0 Å². The molecule has 1 aromatic rings. The van der Waals surface area contributed by atoms with E-state index in [2.05, 4.69) is 20.9 Å². The lowest BCUT2D eigenvalue weighted by Gasteiger charge is -1.95. The third-order valence-electron chi connectivity index (χ3n) is 1.05. The Hall–Kier alpha value is -0.510. The Labute approximate surface area is 65.2 Å². The molecule has 1 heterocycles. The predicted octanol–water partition coefficient (Wildman–Crippen LogP) is 2.25. The summed E-state index contributed by atoms with van der Waals surface area (Å²) in [7, 11) is 0. The quantitative estimate of drug-likeness (QED) is 0.645. The van der Waals surface area contributed by atoms with Gasteiger partial charge < -0.3 is 0 Å². The number of hydrogen-bond donors (Lipinski definition) is 0. The van der Waals surface area contributed by atoms with E-state index in [-0.39, 0.29) is 10.9 Å². The topological polar surface area (TPSA) is 12.9 Å². The number of hydrogen-bond acceptors (Lipinski definition) is 1. The maximum absolute atomic E-state index is 12.6. The second-order valence-corrected chi connectivity index (χ2v) is 2.29. The molecule has 0 radical (unpaired) electrons. The molecule has 0 bridgehead atoms. The van der Waals surface area contributed by atoms with Crippen LogP contribution in [0.4, 0.5) is 8.78 Å². The van der Waals surface area contributed by atoms with Crippen LogP contribution in [0.25, 0.3) is 0 Å². The van der Waals surface area contributed by atoms with Gasteiger partial charge in [-0.2, -0.15) is 0 Å². The van der Waals surface area contributed by atoms with Crippen LogP contribution in [0.5, 0.6) is 0 Å². The first-order valence-corrected chi connectivity index (χ1v) is 3.71. The van der Waals surface area contributed by atoms with Crippen molar-refractivity contribution in [2.75, 3.05) is 0 Å². The molecule has 0 saturated carbocycles. The van der Waals surface area contributed by atoms with Crippen molar-refractivity contribution in [2.24, 2.45) is 0 Å². The number of pyridine rings is 1. The van der Waals surface area contributed by atoms with Gasteiger partial charge in [0.2, 0.25) is 0 Å². The number of alkyl halides is 1. The van der Waals surface area contributed by atoms with E-state index >= 15 is 0 Å². The van der Waals surface area contributed by atoms with Crippen LogP contribution in [-0.2, 0) is 5.33 Å². The van der Waals surface area contributed by atoms with Crippen LogP contribution in [0.1, 0.15) is 5.56 Å². The van der Waals surface area contributed by atoms with E-state index < -0.39 is 11.6 Å². The summed E-state index contributed by atoms with van der Waals surface area (Å²) in [6.07, 6.45) is 2.13. The SMILES string of the molecule is Fc1cncc(CBr)c1F. The van der Waals surface area contributed by atoms with Crippen molar-refractivity contribution in [1.29, 1.82) is 0 Å². The van der Waals surface area contributed by atoms with Gasteiger partial charge in [-0.1, -0.05) is 15.9 Å². The second kappa shape index (κ2) is 3.05. The highest BCUT2D eigenvalue weighted by atomic mass is 79.9. The van der Waals surface area contributed by atoms with E-state index in [1.54, 1.807) is 0 Å². The lowest BCUT2D eigenvalue weighted by molar-refractivity contribution is 0.497. The average Bonchev–Trinajstić information content (AvgIpc) is 1.95. The summed E-state index contributed by atoms with van der Waals surface area (Å²) in [5.74, 6) is -1.73. The Bertz CT molecular complexity index is 239. The minimum atomic E-state index is -0.906. The lowest BCUT2D eigenvalue weighted by atomic mass is 10.3. The molecule has 1 aromatic heterocycles. The summed E-state index contributed by atoms with van der Waals surface area (Å²) in [6, 6.07) is 0. The van der Waals surface area contributed by atoms with Crippen molar-refractivity contribution < 1.29 is 8.78 Å². The van der Waals surface area contributed by atoms with Gasteiger partial charge in [0.05, 0.1) is 6.20 Å². The van der Waals surface area contributed by atoms with Crippen LogP contribution in [0.2, 0.25) is 0 Å². The van der Waals surface area contributed by atoms with Gasteiger partial charge >= 0.3 is 0 Å². The zero-order valence-corrected chi connectivity index (χ0v) is 6.53. The molecule has 0 saturated heterocycles. The maximum atomic E-state index is 12.6. The average molecular weight is 208 g/mol. The highest BCUT2D eigenvalue weighted by molar-refractivity contribution is 9.08. The monoisotopic (exact) mass is 207 g/mol. The fourth-order valence-electron chi connectivity index (χ4n) is 0.553. The zero-order valence-electron chi connectivity index (χ0n) is 4.94. The Morgan fingerprint density at radius 2 is 2.10 bits per heavy atom. The molecule has 54 valence electrons. The van der Waals surface area contributed by atoms with Gasteiger partial charge in [0.25, 0.3) is 0 Å². The van der Waals surface area contributed by atoms with Crippen LogP contribution >= 0.6 is 15.9 Å². The van der Waals surface area contributed by atoms with Crippen LogP contribution in [-0.4, -0.2) is 4.98 Å². The van der Waals surface area contributed by atoms with E-state index in [1.807, 2.05) is 0 Å². The first-order chi connectivity index (χ1) is 4.75. The van der Waals surface area contributed by atoms with Crippen molar-refractivity contribution in [3.63, 3.8) is 0 Å². The normalized spacial score (nSPS) is 9.90. The summed E-state index contributed by atoms with van der Waals surface area (Å²) in [6.45, 7) is 0. The number of halogens is 3. The van der Waals surface area contributed by atoms with Crippen LogP contribution in [0.15, 0.2) is 12.4 Å². The number of rotatable bonds is 1. The summed E-state index contributed by atoms with van der Waals surface area (Å²) < 4.78 is 24.9. The highest BCUT2D eigenvalue weighted by Crippen LogP contribution is 2.11. The van der Waals surface area contributed by atoms with Crippen molar-refractivity contribution in [3.05, 3.63) is 29.6 Å². The van der Waals surface area contributed by atoms with Gasteiger partial charge in [-0.25, -0.2) is 8.78 Å². The van der Waals surface area contributed by atoms with Gasteiger partial charge in [0, 0.05) is 17.1 Å². The van der Waals surface area contributed by atoms with E-state index in [0.717, 1.165) is 6.20 Å². The molecule has 0 aromatic carbocycles. The van der Waals surface area contributed by atoms with Crippen LogP contribution in [0, 0.1) is 11.6 Å².